The Morgan fingerprint density at radius 1 is 0.278 bits per heavy atom. The van der Waals surface area contributed by atoms with Gasteiger partial charge in [0.1, 0.15) is 19.3 Å². The second-order valence-electron chi connectivity index (χ2n) is 27.5. The van der Waals surface area contributed by atoms with E-state index in [-0.39, 0.29) is 25.7 Å². The Kier molecular flexibility index (Phi) is 59.4. The average molecular weight is 1330 g/mol. The highest BCUT2D eigenvalue weighted by molar-refractivity contribution is 7.47. The Balaban J connectivity index is 5.22. The molecule has 0 rings (SSSR count). The van der Waals surface area contributed by atoms with E-state index in [1.54, 1.807) is 0 Å². The Hall–Kier alpha value is -1.94. The lowest BCUT2D eigenvalue weighted by Crippen LogP contribution is -2.30. The van der Waals surface area contributed by atoms with Crippen molar-refractivity contribution < 1.29 is 80.2 Å². The number of carbonyl (C=O) groups is 4. The molecular weight excluding hydrogens is 1190 g/mol. The van der Waals surface area contributed by atoms with Gasteiger partial charge in [0.2, 0.25) is 0 Å². The quantitative estimate of drug-likeness (QED) is 0.0222. The Morgan fingerprint density at radius 2 is 0.467 bits per heavy atom. The van der Waals surface area contributed by atoms with Gasteiger partial charge >= 0.3 is 39.5 Å². The van der Waals surface area contributed by atoms with Gasteiger partial charge in [-0.2, -0.15) is 0 Å². The summed E-state index contributed by atoms with van der Waals surface area (Å²) in [7, 11) is -9.90. The fourth-order valence-corrected chi connectivity index (χ4v) is 12.2. The van der Waals surface area contributed by atoms with Crippen LogP contribution in [0.2, 0.25) is 0 Å². The summed E-state index contributed by atoms with van der Waals surface area (Å²) in [6.45, 7) is 14.1. The minimum absolute atomic E-state index is 0.103. The number of rotatable bonds is 68. The van der Waals surface area contributed by atoms with Crippen LogP contribution in [-0.4, -0.2) is 96.7 Å². The topological polar surface area (TPSA) is 237 Å². The molecule has 0 heterocycles. The molecule has 0 fully saturated rings. The number of esters is 4. The fourth-order valence-electron chi connectivity index (χ4n) is 10.7. The van der Waals surface area contributed by atoms with Crippen molar-refractivity contribution in [3.8, 4) is 0 Å². The van der Waals surface area contributed by atoms with E-state index >= 15 is 0 Å². The van der Waals surface area contributed by atoms with Crippen molar-refractivity contribution >= 4 is 39.5 Å². The molecular formula is C71H138O17P2. The van der Waals surface area contributed by atoms with E-state index in [9.17, 15) is 43.2 Å². The number of hydrogen-bond acceptors (Lipinski definition) is 15. The van der Waals surface area contributed by atoms with Crippen molar-refractivity contribution in [3.63, 3.8) is 0 Å². The van der Waals surface area contributed by atoms with E-state index in [1.807, 2.05) is 0 Å². The lowest BCUT2D eigenvalue weighted by molar-refractivity contribution is -0.161. The van der Waals surface area contributed by atoms with Gasteiger partial charge in [0.15, 0.2) is 12.2 Å². The summed E-state index contributed by atoms with van der Waals surface area (Å²) in [6.07, 6.45) is 43.2. The molecule has 534 valence electrons. The molecule has 0 aliphatic carbocycles. The van der Waals surface area contributed by atoms with Crippen molar-refractivity contribution in [2.75, 3.05) is 39.6 Å². The highest BCUT2D eigenvalue weighted by atomic mass is 31.2. The predicted octanol–water partition coefficient (Wildman–Crippen LogP) is 20.1. The third-order valence-electron chi connectivity index (χ3n) is 16.3. The highest BCUT2D eigenvalue weighted by Crippen LogP contribution is 2.45. The lowest BCUT2D eigenvalue weighted by Gasteiger charge is -2.21. The van der Waals surface area contributed by atoms with Gasteiger partial charge in [-0.15, -0.1) is 0 Å². The molecule has 0 aromatic heterocycles. The van der Waals surface area contributed by atoms with Crippen molar-refractivity contribution in [1.29, 1.82) is 0 Å². The SMILES string of the molecule is CC(C)CCCCCCCCCCCCCCC(=O)OC[C@H](COP(=O)(O)OCC(O)COP(=O)(O)OC[C@@H](COC(=O)CCCCCCCCCC(C)C)OC(=O)CCCCCCCCCCCCCCC(C)C)OC(=O)CCCCCCCCCC(C)C. The zero-order valence-electron chi connectivity index (χ0n) is 58.8. The molecule has 0 aromatic carbocycles. The van der Waals surface area contributed by atoms with Gasteiger partial charge in [0, 0.05) is 25.7 Å². The maximum absolute atomic E-state index is 13.0. The first-order valence-electron chi connectivity index (χ1n) is 36.7. The summed E-state index contributed by atoms with van der Waals surface area (Å²) >= 11 is 0. The minimum atomic E-state index is -4.95. The van der Waals surface area contributed by atoms with Gasteiger partial charge in [-0.1, -0.05) is 299 Å². The molecule has 3 N–H and O–H groups in total. The van der Waals surface area contributed by atoms with Crippen LogP contribution in [-0.2, 0) is 65.4 Å². The molecule has 0 aliphatic heterocycles. The van der Waals surface area contributed by atoms with Crippen LogP contribution in [0.15, 0.2) is 0 Å². The van der Waals surface area contributed by atoms with Crippen LogP contribution >= 0.6 is 15.6 Å². The van der Waals surface area contributed by atoms with E-state index in [0.29, 0.717) is 37.5 Å². The molecule has 0 aromatic rings. The molecule has 0 aliphatic rings. The van der Waals surface area contributed by atoms with Crippen LogP contribution in [0.25, 0.3) is 0 Å². The first-order chi connectivity index (χ1) is 43.1. The molecule has 90 heavy (non-hydrogen) atoms. The first-order valence-corrected chi connectivity index (χ1v) is 39.7. The largest absolute Gasteiger partial charge is 0.472 e. The van der Waals surface area contributed by atoms with Crippen LogP contribution in [0.4, 0.5) is 0 Å². The van der Waals surface area contributed by atoms with Crippen LogP contribution < -0.4 is 0 Å². The van der Waals surface area contributed by atoms with E-state index in [4.69, 9.17) is 37.0 Å². The molecule has 0 radical (unpaired) electrons. The second-order valence-corrected chi connectivity index (χ2v) is 30.4. The van der Waals surface area contributed by atoms with Gasteiger partial charge in [-0.05, 0) is 49.4 Å². The van der Waals surface area contributed by atoms with Gasteiger partial charge < -0.3 is 33.8 Å². The predicted molar refractivity (Wildman–Crippen MR) is 363 cm³/mol. The monoisotopic (exact) mass is 1320 g/mol. The summed E-state index contributed by atoms with van der Waals surface area (Å²) in [6, 6.07) is 0. The van der Waals surface area contributed by atoms with Gasteiger partial charge in [0.25, 0.3) is 0 Å². The number of aliphatic hydroxyl groups excluding tert-OH is 1. The lowest BCUT2D eigenvalue weighted by atomic mass is 10.0. The highest BCUT2D eigenvalue weighted by Gasteiger charge is 2.30. The Bertz CT molecular complexity index is 1780. The Morgan fingerprint density at radius 3 is 0.689 bits per heavy atom. The standard InChI is InChI=1S/C71H138O17P2/c1-61(2)47-39-31-23-17-13-9-11-15-19-27-35-43-51-68(73)81-57-67(88-71(76)54-46-38-30-22-26-34-42-50-64(7)8)60-86-90(79,80)84-56-65(72)55-83-89(77,78)85-59-66(58-82-69(74)52-44-36-29-21-25-33-41-49-63(5)6)87-70(75)53-45-37-28-20-16-12-10-14-18-24-32-40-48-62(3)4/h61-67,72H,9-60H2,1-8H3,(H,77,78)(H,79,80)/t65?,66-,67-/m1/s1. The van der Waals surface area contributed by atoms with E-state index in [1.165, 1.54) is 148 Å². The summed E-state index contributed by atoms with van der Waals surface area (Å²) < 4.78 is 68.3. The number of aliphatic hydroxyl groups is 1. The van der Waals surface area contributed by atoms with Crippen molar-refractivity contribution in [2.24, 2.45) is 23.7 Å². The molecule has 0 amide bonds. The molecule has 5 atom stereocenters. The van der Waals surface area contributed by atoms with Crippen molar-refractivity contribution in [1.82, 2.24) is 0 Å². The van der Waals surface area contributed by atoms with Crippen LogP contribution in [0, 0.1) is 23.7 Å². The number of ether oxygens (including phenoxy) is 4. The molecule has 0 bridgehead atoms. The number of phosphoric acid groups is 2. The maximum Gasteiger partial charge on any atom is 0.472 e. The van der Waals surface area contributed by atoms with E-state index < -0.39 is 97.5 Å². The minimum Gasteiger partial charge on any atom is -0.462 e. The summed E-state index contributed by atoms with van der Waals surface area (Å²) in [4.78, 5) is 72.5. The third-order valence-corrected chi connectivity index (χ3v) is 18.2. The van der Waals surface area contributed by atoms with Crippen molar-refractivity contribution in [3.05, 3.63) is 0 Å². The van der Waals surface area contributed by atoms with Crippen molar-refractivity contribution in [2.45, 2.75) is 369 Å². The zero-order chi connectivity index (χ0) is 66.8. The molecule has 0 saturated heterocycles. The summed E-state index contributed by atoms with van der Waals surface area (Å²) in [5, 5.41) is 10.6. The normalized spacial score (nSPS) is 14.3. The number of unbranched alkanes of at least 4 members (excludes halogenated alkanes) is 34. The summed E-state index contributed by atoms with van der Waals surface area (Å²) in [5.74, 6) is 0.829. The Labute approximate surface area is 549 Å². The van der Waals surface area contributed by atoms with Gasteiger partial charge in [-0.3, -0.25) is 37.3 Å². The fraction of sp³-hybridized carbons (Fsp3) is 0.944. The second kappa shape index (κ2) is 60.7. The average Bonchev–Trinajstić information content (AvgIpc) is 2.62. The summed E-state index contributed by atoms with van der Waals surface area (Å²) in [5.41, 5.74) is 0. The number of phosphoric ester groups is 2. The maximum atomic E-state index is 13.0. The molecule has 0 spiro atoms. The molecule has 3 unspecified atom stereocenters. The molecule has 17 nitrogen and oxygen atoms in total. The van der Waals surface area contributed by atoms with Gasteiger partial charge in [0.05, 0.1) is 26.4 Å². The molecule has 0 saturated carbocycles. The van der Waals surface area contributed by atoms with Crippen LogP contribution in [0.5, 0.6) is 0 Å². The molecule has 19 heteroatoms. The van der Waals surface area contributed by atoms with E-state index in [0.717, 1.165) is 108 Å². The smallest absolute Gasteiger partial charge is 0.462 e. The van der Waals surface area contributed by atoms with Crippen LogP contribution in [0.1, 0.15) is 351 Å². The third kappa shape index (κ3) is 64.8. The number of carbonyl (C=O) groups excluding carboxylic acids is 4. The van der Waals surface area contributed by atoms with Gasteiger partial charge in [-0.25, -0.2) is 9.13 Å². The van der Waals surface area contributed by atoms with Crippen LogP contribution in [0.3, 0.4) is 0 Å². The zero-order valence-corrected chi connectivity index (χ0v) is 60.6. The number of hydrogen-bond donors (Lipinski definition) is 3. The first kappa shape index (κ1) is 88.1. The van der Waals surface area contributed by atoms with E-state index in [2.05, 4.69) is 55.4 Å².